The average molecular weight is 482 g/mol. The molecule has 2 aromatic carbocycles. The van der Waals surface area contributed by atoms with E-state index in [1.807, 2.05) is 31.1 Å². The number of nitrogens with zero attached hydrogens (tertiary/aromatic N) is 3. The Kier molecular flexibility index (Phi) is 9.37. The van der Waals surface area contributed by atoms with E-state index in [0.29, 0.717) is 41.0 Å². The summed E-state index contributed by atoms with van der Waals surface area (Å²) in [6.45, 7) is 1.05. The van der Waals surface area contributed by atoms with E-state index in [2.05, 4.69) is 0 Å². The van der Waals surface area contributed by atoms with Crippen molar-refractivity contribution in [2.24, 2.45) is 0 Å². The molecule has 0 atom stereocenters. The van der Waals surface area contributed by atoms with Crippen molar-refractivity contribution in [2.75, 3.05) is 60.0 Å². The third-order valence-electron chi connectivity index (χ3n) is 4.62. The summed E-state index contributed by atoms with van der Waals surface area (Å²) in [4.78, 5) is 21.5. The van der Waals surface area contributed by atoms with Crippen LogP contribution in [0, 0.1) is 0 Å². The highest BCUT2D eigenvalue weighted by Crippen LogP contribution is 2.40. The number of fused-ring (bicyclic) bond motifs is 1. The van der Waals surface area contributed by atoms with E-state index < -0.39 is 0 Å². The largest absolute Gasteiger partial charge is 0.497 e. The number of ether oxygens (including phenoxy) is 4. The molecule has 1 heterocycles. The Hall–Kier alpha value is -2.75. The number of halogens is 1. The van der Waals surface area contributed by atoms with Crippen molar-refractivity contribution in [1.29, 1.82) is 0 Å². The van der Waals surface area contributed by atoms with Gasteiger partial charge in [-0.2, -0.15) is 0 Å². The van der Waals surface area contributed by atoms with Crippen LogP contribution in [0.5, 0.6) is 23.0 Å². The van der Waals surface area contributed by atoms with Crippen molar-refractivity contribution >= 4 is 45.0 Å². The zero-order valence-corrected chi connectivity index (χ0v) is 20.4. The van der Waals surface area contributed by atoms with Gasteiger partial charge < -0.3 is 23.8 Å². The highest BCUT2D eigenvalue weighted by atomic mass is 35.5. The highest BCUT2D eigenvalue weighted by molar-refractivity contribution is 7.22. The Balaban J connectivity index is 0.00000363. The minimum atomic E-state index is -0.186. The fraction of sp³-hybridized carbons (Fsp3) is 0.364. The fourth-order valence-corrected chi connectivity index (χ4v) is 4.03. The fourth-order valence-electron chi connectivity index (χ4n) is 2.91. The lowest BCUT2D eigenvalue weighted by atomic mass is 10.3. The van der Waals surface area contributed by atoms with E-state index in [9.17, 15) is 4.79 Å². The van der Waals surface area contributed by atoms with Gasteiger partial charge in [0, 0.05) is 13.1 Å². The maximum atomic E-state index is 13.1. The van der Waals surface area contributed by atoms with Crippen LogP contribution in [0.2, 0.25) is 0 Å². The molecule has 0 radical (unpaired) electrons. The van der Waals surface area contributed by atoms with Crippen LogP contribution < -0.4 is 23.8 Å². The number of carbonyl (C=O) groups excluding carboxylic acids is 1. The van der Waals surface area contributed by atoms with Gasteiger partial charge in [0.25, 0.3) is 5.91 Å². The first kappa shape index (κ1) is 25.5. The van der Waals surface area contributed by atoms with Crippen molar-refractivity contribution in [2.45, 2.75) is 0 Å². The lowest BCUT2D eigenvalue weighted by molar-refractivity contribution is -0.120. The second-order valence-electron chi connectivity index (χ2n) is 6.96. The summed E-state index contributed by atoms with van der Waals surface area (Å²) in [5.41, 5.74) is 0.667. The summed E-state index contributed by atoms with van der Waals surface area (Å²) >= 11 is 1.39. The zero-order chi connectivity index (χ0) is 22.4. The number of thiazole rings is 1. The molecule has 0 aliphatic rings. The number of carbonyl (C=O) groups is 1. The lowest BCUT2D eigenvalue weighted by Crippen LogP contribution is -2.39. The van der Waals surface area contributed by atoms with E-state index in [-0.39, 0.29) is 24.9 Å². The molecule has 0 spiro atoms. The maximum Gasteiger partial charge on any atom is 0.266 e. The van der Waals surface area contributed by atoms with Crippen molar-refractivity contribution in [3.05, 3.63) is 36.4 Å². The maximum absolute atomic E-state index is 13.1. The van der Waals surface area contributed by atoms with Gasteiger partial charge in [0.15, 0.2) is 11.7 Å². The van der Waals surface area contributed by atoms with E-state index >= 15 is 0 Å². The summed E-state index contributed by atoms with van der Waals surface area (Å²) in [6.07, 6.45) is 0. The van der Waals surface area contributed by atoms with Gasteiger partial charge in [-0.15, -0.1) is 12.4 Å². The first-order valence-electron chi connectivity index (χ1n) is 9.70. The number of rotatable bonds is 10. The Morgan fingerprint density at radius 2 is 1.53 bits per heavy atom. The molecule has 1 aromatic heterocycles. The Morgan fingerprint density at radius 3 is 2.12 bits per heavy atom. The monoisotopic (exact) mass is 481 g/mol. The quantitative estimate of drug-likeness (QED) is 0.437. The minimum Gasteiger partial charge on any atom is -0.497 e. The number of hydrogen-bond acceptors (Lipinski definition) is 8. The first-order valence-corrected chi connectivity index (χ1v) is 10.5. The molecular weight excluding hydrogens is 454 g/mol. The van der Waals surface area contributed by atoms with Crippen LogP contribution in [0.3, 0.4) is 0 Å². The molecule has 0 unspecified atom stereocenters. The number of anilines is 1. The Labute approximate surface area is 198 Å². The summed E-state index contributed by atoms with van der Waals surface area (Å²) in [5, 5.41) is 0.572. The summed E-state index contributed by atoms with van der Waals surface area (Å²) in [6, 6.07) is 10.8. The number of aromatic nitrogens is 1. The van der Waals surface area contributed by atoms with Crippen LogP contribution >= 0.6 is 23.7 Å². The lowest BCUT2D eigenvalue weighted by Gasteiger charge is -2.22. The van der Waals surface area contributed by atoms with Crippen LogP contribution in [-0.4, -0.2) is 70.9 Å². The Morgan fingerprint density at radius 1 is 0.906 bits per heavy atom. The van der Waals surface area contributed by atoms with Gasteiger partial charge in [-0.3, -0.25) is 9.69 Å². The number of amides is 1. The van der Waals surface area contributed by atoms with Gasteiger partial charge in [0.2, 0.25) is 0 Å². The van der Waals surface area contributed by atoms with Crippen LogP contribution in [0.4, 0.5) is 5.13 Å². The molecule has 0 aliphatic heterocycles. The minimum absolute atomic E-state index is 0. The predicted octanol–water partition coefficient (Wildman–Crippen LogP) is 3.72. The van der Waals surface area contributed by atoms with E-state index in [1.54, 1.807) is 50.5 Å². The van der Waals surface area contributed by atoms with Gasteiger partial charge in [0.1, 0.15) is 33.2 Å². The third kappa shape index (κ3) is 5.93. The van der Waals surface area contributed by atoms with Crippen molar-refractivity contribution < 1.29 is 23.7 Å². The second kappa shape index (κ2) is 11.8. The summed E-state index contributed by atoms with van der Waals surface area (Å²) in [5.74, 6) is 2.45. The second-order valence-corrected chi connectivity index (χ2v) is 7.93. The summed E-state index contributed by atoms with van der Waals surface area (Å²) < 4.78 is 22.6. The van der Waals surface area contributed by atoms with Gasteiger partial charge >= 0.3 is 0 Å². The molecule has 0 bridgehead atoms. The van der Waals surface area contributed by atoms with Gasteiger partial charge in [-0.25, -0.2) is 4.98 Å². The molecule has 8 nitrogen and oxygen atoms in total. The topological polar surface area (TPSA) is 73.4 Å². The van der Waals surface area contributed by atoms with E-state index in [0.717, 1.165) is 10.4 Å². The molecule has 0 aliphatic carbocycles. The molecule has 3 rings (SSSR count). The number of methoxy groups -OCH3 is 3. The van der Waals surface area contributed by atoms with Gasteiger partial charge in [-0.1, -0.05) is 11.3 Å². The molecule has 0 saturated carbocycles. The van der Waals surface area contributed by atoms with Crippen molar-refractivity contribution in [3.63, 3.8) is 0 Å². The van der Waals surface area contributed by atoms with E-state index in [4.69, 9.17) is 23.9 Å². The molecular formula is C22H28ClN3O5S. The van der Waals surface area contributed by atoms with Crippen LogP contribution in [0.25, 0.3) is 10.2 Å². The normalized spacial score (nSPS) is 10.6. The third-order valence-corrected chi connectivity index (χ3v) is 5.72. The zero-order valence-electron chi connectivity index (χ0n) is 18.8. The molecule has 10 heteroatoms. The van der Waals surface area contributed by atoms with Crippen LogP contribution in [0.15, 0.2) is 36.4 Å². The molecule has 32 heavy (non-hydrogen) atoms. The molecule has 1 amide bonds. The van der Waals surface area contributed by atoms with Crippen LogP contribution in [0.1, 0.15) is 0 Å². The molecule has 0 saturated heterocycles. The molecule has 174 valence electrons. The molecule has 3 aromatic rings. The van der Waals surface area contributed by atoms with Crippen molar-refractivity contribution in [3.8, 4) is 23.0 Å². The standard InChI is InChI=1S/C22H27N3O5S.ClH/c1-24(2)12-13-25(19(26)14-30-16-8-6-15(27-3)7-9-16)22-23-20-17(28-4)10-11-18(29-5)21(20)31-22;/h6-11H,12-14H2,1-5H3;1H. The number of hydrogen-bond donors (Lipinski definition) is 0. The van der Waals surface area contributed by atoms with E-state index in [1.165, 1.54) is 11.3 Å². The van der Waals surface area contributed by atoms with Gasteiger partial charge in [-0.05, 0) is 50.5 Å². The van der Waals surface area contributed by atoms with Crippen molar-refractivity contribution in [1.82, 2.24) is 9.88 Å². The first-order chi connectivity index (χ1) is 15.0. The predicted molar refractivity (Wildman–Crippen MR) is 129 cm³/mol. The number of benzene rings is 2. The highest BCUT2D eigenvalue weighted by Gasteiger charge is 2.23. The SMILES string of the molecule is COc1ccc(OCC(=O)N(CCN(C)C)c2nc3c(OC)ccc(OC)c3s2)cc1.Cl. The van der Waals surface area contributed by atoms with Crippen LogP contribution in [-0.2, 0) is 4.79 Å². The number of likely N-dealkylation sites (N-methyl/N-ethyl adjacent to an activating group) is 1. The summed E-state index contributed by atoms with van der Waals surface area (Å²) in [7, 11) is 8.72. The molecule has 0 fully saturated rings. The Bertz CT molecular complexity index is 985. The molecule has 0 N–H and O–H groups in total. The average Bonchev–Trinajstić information content (AvgIpc) is 3.22. The smallest absolute Gasteiger partial charge is 0.266 e. The van der Waals surface area contributed by atoms with Gasteiger partial charge in [0.05, 0.1) is 21.3 Å².